The zero-order valence-electron chi connectivity index (χ0n) is 19.2. The first-order valence-corrected chi connectivity index (χ1v) is 12.9. The number of nitro groups is 1. The fourth-order valence-electron chi connectivity index (χ4n) is 3.61. The number of nitro benzene ring substituents is 1. The molecule has 7 nitrogen and oxygen atoms in total. The predicted octanol–water partition coefficient (Wildman–Crippen LogP) is 4.98. The van der Waals surface area contributed by atoms with Crippen LogP contribution in [0.5, 0.6) is 0 Å². The number of non-ortho nitro benzene ring substituents is 1. The molecule has 9 heteroatoms. The molecule has 0 bridgehead atoms. The highest BCUT2D eigenvalue weighted by molar-refractivity contribution is 9.10. The predicted molar refractivity (Wildman–Crippen MR) is 142 cm³/mol. The second-order valence-corrected chi connectivity index (χ2v) is 9.79. The quantitative estimate of drug-likeness (QED) is 0.266. The van der Waals surface area contributed by atoms with E-state index >= 15 is 0 Å². The highest BCUT2D eigenvalue weighted by Gasteiger charge is 2.29. The smallest absolute Gasteiger partial charge is 0.269 e. The molecule has 1 unspecified atom stereocenters. The number of likely N-dealkylation sites (N-methyl/N-ethyl adjacent to an activating group) is 1. The first-order chi connectivity index (χ1) is 16.9. The Hall–Kier alpha value is -3.17. The molecule has 0 fully saturated rings. The summed E-state index contributed by atoms with van der Waals surface area (Å²) in [4.78, 5) is 38.4. The molecule has 0 aromatic heterocycles. The van der Waals surface area contributed by atoms with Crippen molar-refractivity contribution in [1.29, 1.82) is 0 Å². The standard InChI is InChI=1S/C26H26BrN3O4S/c1-28-26(32)24(15-19-6-3-2-4-7-19)29(16-21-8-5-9-22(27)14-21)25(31)18-35-17-20-10-12-23(13-11-20)30(33)34/h2-14,24H,15-18H2,1H3,(H,28,32). The molecule has 0 saturated heterocycles. The lowest BCUT2D eigenvalue weighted by Crippen LogP contribution is -2.50. The van der Waals surface area contributed by atoms with Crippen molar-refractivity contribution in [2.24, 2.45) is 0 Å². The number of benzene rings is 3. The van der Waals surface area contributed by atoms with Crippen LogP contribution in [0.15, 0.2) is 83.3 Å². The van der Waals surface area contributed by atoms with Gasteiger partial charge in [0.2, 0.25) is 11.8 Å². The minimum atomic E-state index is -0.672. The molecule has 3 aromatic carbocycles. The van der Waals surface area contributed by atoms with Crippen LogP contribution in [0.2, 0.25) is 0 Å². The second-order valence-electron chi connectivity index (χ2n) is 7.89. The van der Waals surface area contributed by atoms with E-state index in [1.807, 2.05) is 54.6 Å². The largest absolute Gasteiger partial charge is 0.357 e. The Labute approximate surface area is 217 Å². The zero-order chi connectivity index (χ0) is 25.2. The molecule has 0 aliphatic rings. The van der Waals surface area contributed by atoms with Gasteiger partial charge in [-0.05, 0) is 28.8 Å². The van der Waals surface area contributed by atoms with Gasteiger partial charge in [0.25, 0.3) is 5.69 Å². The summed E-state index contributed by atoms with van der Waals surface area (Å²) in [6, 6.07) is 22.9. The molecule has 0 spiro atoms. The van der Waals surface area contributed by atoms with Gasteiger partial charge in [0.05, 0.1) is 10.7 Å². The maximum atomic E-state index is 13.4. The van der Waals surface area contributed by atoms with Crippen LogP contribution >= 0.6 is 27.7 Å². The SMILES string of the molecule is CNC(=O)C(Cc1ccccc1)N(Cc1cccc(Br)c1)C(=O)CSCc1ccc([N+](=O)[O-])cc1. The van der Waals surface area contributed by atoms with Crippen LogP contribution in [0.25, 0.3) is 0 Å². The van der Waals surface area contributed by atoms with Crippen molar-refractivity contribution in [2.45, 2.75) is 24.8 Å². The summed E-state index contributed by atoms with van der Waals surface area (Å²) in [6.07, 6.45) is 0.396. The van der Waals surface area contributed by atoms with Crippen molar-refractivity contribution in [2.75, 3.05) is 12.8 Å². The van der Waals surface area contributed by atoms with Crippen molar-refractivity contribution in [3.05, 3.63) is 110 Å². The Morgan fingerprint density at radius 2 is 1.69 bits per heavy atom. The Bertz CT molecular complexity index is 1160. The zero-order valence-corrected chi connectivity index (χ0v) is 21.6. The number of nitrogens with zero attached hydrogens (tertiary/aromatic N) is 2. The van der Waals surface area contributed by atoms with Gasteiger partial charge >= 0.3 is 0 Å². The molecule has 2 amide bonds. The summed E-state index contributed by atoms with van der Waals surface area (Å²) in [5.74, 6) is 0.324. The molecule has 0 heterocycles. The molecular weight excluding hydrogens is 530 g/mol. The second kappa shape index (κ2) is 13.1. The first kappa shape index (κ1) is 26.4. The number of carbonyl (C=O) groups is 2. The van der Waals surface area contributed by atoms with Crippen molar-refractivity contribution >= 4 is 45.2 Å². The molecule has 1 N–H and O–H groups in total. The van der Waals surface area contributed by atoms with Crippen molar-refractivity contribution in [3.8, 4) is 0 Å². The van der Waals surface area contributed by atoms with Crippen molar-refractivity contribution in [1.82, 2.24) is 10.2 Å². The Morgan fingerprint density at radius 1 is 1.00 bits per heavy atom. The average Bonchev–Trinajstić information content (AvgIpc) is 2.86. The van der Waals surface area contributed by atoms with E-state index in [1.165, 1.54) is 23.9 Å². The van der Waals surface area contributed by atoms with Gasteiger partial charge in [-0.25, -0.2) is 0 Å². The summed E-state index contributed by atoms with van der Waals surface area (Å²) in [6.45, 7) is 0.293. The summed E-state index contributed by atoms with van der Waals surface area (Å²) < 4.78 is 0.898. The maximum absolute atomic E-state index is 13.4. The van der Waals surface area contributed by atoms with E-state index in [4.69, 9.17) is 0 Å². The van der Waals surface area contributed by atoms with Gasteiger partial charge in [-0.1, -0.05) is 70.5 Å². The Balaban J connectivity index is 1.78. The molecular formula is C26H26BrN3O4S. The summed E-state index contributed by atoms with van der Waals surface area (Å²) in [5, 5.41) is 13.6. The maximum Gasteiger partial charge on any atom is 0.269 e. The molecule has 0 aliphatic heterocycles. The summed E-state index contributed by atoms with van der Waals surface area (Å²) in [7, 11) is 1.57. The number of hydrogen-bond acceptors (Lipinski definition) is 5. The van der Waals surface area contributed by atoms with E-state index in [1.54, 1.807) is 24.1 Å². The molecule has 35 heavy (non-hydrogen) atoms. The number of thioether (sulfide) groups is 1. The number of rotatable bonds is 11. The van der Waals surface area contributed by atoms with Crippen LogP contribution in [-0.4, -0.2) is 40.5 Å². The number of carbonyl (C=O) groups excluding carboxylic acids is 2. The third-order valence-electron chi connectivity index (χ3n) is 5.40. The van der Waals surface area contributed by atoms with Crippen molar-refractivity contribution in [3.63, 3.8) is 0 Å². The van der Waals surface area contributed by atoms with Gasteiger partial charge in [0.1, 0.15) is 6.04 Å². The number of nitrogens with one attached hydrogen (secondary N) is 1. The lowest BCUT2D eigenvalue weighted by atomic mass is 10.0. The van der Waals surface area contributed by atoms with Crippen LogP contribution in [0.4, 0.5) is 5.69 Å². The van der Waals surface area contributed by atoms with Gasteiger partial charge in [0.15, 0.2) is 0 Å². The first-order valence-electron chi connectivity index (χ1n) is 11.0. The van der Waals surface area contributed by atoms with E-state index in [-0.39, 0.29) is 23.3 Å². The monoisotopic (exact) mass is 555 g/mol. The van der Waals surface area contributed by atoms with E-state index < -0.39 is 11.0 Å². The molecule has 3 aromatic rings. The van der Waals surface area contributed by atoms with E-state index in [2.05, 4.69) is 21.2 Å². The fraction of sp³-hybridized carbons (Fsp3) is 0.231. The van der Waals surface area contributed by atoms with Crippen LogP contribution in [0, 0.1) is 10.1 Å². The molecule has 0 aliphatic carbocycles. The van der Waals surface area contributed by atoms with Gasteiger partial charge in [0, 0.05) is 42.4 Å². The summed E-state index contributed by atoms with van der Waals surface area (Å²) >= 11 is 4.89. The number of hydrogen-bond donors (Lipinski definition) is 1. The highest BCUT2D eigenvalue weighted by atomic mass is 79.9. The third kappa shape index (κ3) is 7.93. The van der Waals surface area contributed by atoms with Gasteiger partial charge in [-0.3, -0.25) is 19.7 Å². The van der Waals surface area contributed by atoms with E-state index in [0.717, 1.165) is 21.2 Å². The summed E-state index contributed by atoms with van der Waals surface area (Å²) in [5.41, 5.74) is 2.80. The van der Waals surface area contributed by atoms with Gasteiger partial charge in [-0.15, -0.1) is 11.8 Å². The normalized spacial score (nSPS) is 11.5. The average molecular weight is 556 g/mol. The lowest BCUT2D eigenvalue weighted by Gasteiger charge is -2.31. The minimum absolute atomic E-state index is 0.0318. The fourth-order valence-corrected chi connectivity index (χ4v) is 4.92. The Kier molecular flexibility index (Phi) is 9.86. The molecule has 0 saturated carbocycles. The van der Waals surface area contributed by atoms with Crippen LogP contribution < -0.4 is 5.32 Å². The van der Waals surface area contributed by atoms with Crippen LogP contribution in [0.1, 0.15) is 16.7 Å². The topological polar surface area (TPSA) is 92.6 Å². The van der Waals surface area contributed by atoms with Crippen molar-refractivity contribution < 1.29 is 14.5 Å². The molecule has 1 atom stereocenters. The van der Waals surface area contributed by atoms with Gasteiger partial charge in [-0.2, -0.15) is 0 Å². The third-order valence-corrected chi connectivity index (χ3v) is 6.88. The molecule has 0 radical (unpaired) electrons. The van der Waals surface area contributed by atoms with Gasteiger partial charge < -0.3 is 10.2 Å². The highest BCUT2D eigenvalue weighted by Crippen LogP contribution is 2.21. The van der Waals surface area contributed by atoms with Crippen LogP contribution in [0.3, 0.4) is 0 Å². The molecule has 182 valence electrons. The lowest BCUT2D eigenvalue weighted by molar-refractivity contribution is -0.384. The minimum Gasteiger partial charge on any atom is -0.357 e. The van der Waals surface area contributed by atoms with E-state index in [9.17, 15) is 19.7 Å². The number of halogens is 1. The Morgan fingerprint density at radius 3 is 2.31 bits per heavy atom. The van der Waals surface area contributed by atoms with Crippen LogP contribution in [-0.2, 0) is 28.3 Å². The number of amides is 2. The van der Waals surface area contributed by atoms with E-state index in [0.29, 0.717) is 18.7 Å². The molecule has 3 rings (SSSR count).